The molecule has 1 N–H and O–H groups in total. The van der Waals surface area contributed by atoms with Crippen molar-refractivity contribution in [1.29, 1.82) is 0 Å². The summed E-state index contributed by atoms with van der Waals surface area (Å²) in [5.74, 6) is -1.05. The van der Waals surface area contributed by atoms with Crippen molar-refractivity contribution < 1.29 is 22.4 Å². The van der Waals surface area contributed by atoms with Crippen LogP contribution in [0, 0.1) is 6.92 Å². The molecule has 0 aliphatic heterocycles. The number of benzene rings is 2. The first kappa shape index (κ1) is 19.4. The third kappa shape index (κ3) is 3.57. The minimum Gasteiger partial charge on any atom is -0.451 e. The van der Waals surface area contributed by atoms with Gasteiger partial charge in [-0.05, 0) is 31.2 Å². The van der Waals surface area contributed by atoms with Crippen molar-refractivity contribution in [3.05, 3.63) is 87.9 Å². The number of aryl methyl sites for hydroxylation is 1. The van der Waals surface area contributed by atoms with E-state index in [9.17, 15) is 22.8 Å². The summed E-state index contributed by atoms with van der Waals surface area (Å²) in [6.45, 7) is 1.58. The molecule has 2 aromatic heterocycles. The van der Waals surface area contributed by atoms with Crippen LogP contribution in [0.1, 0.15) is 21.8 Å². The molecule has 2 heterocycles. The highest BCUT2D eigenvalue weighted by molar-refractivity contribution is 6.02. The lowest BCUT2D eigenvalue weighted by atomic mass is 10.1. The van der Waals surface area contributed by atoms with Crippen LogP contribution in [0.4, 0.5) is 19.0 Å². The minimum absolute atomic E-state index is 0.00464. The zero-order valence-electron chi connectivity index (χ0n) is 15.5. The van der Waals surface area contributed by atoms with Gasteiger partial charge in [-0.15, -0.1) is 0 Å². The van der Waals surface area contributed by atoms with E-state index in [1.54, 1.807) is 31.2 Å². The van der Waals surface area contributed by atoms with Crippen molar-refractivity contribution in [3.63, 3.8) is 0 Å². The molecule has 2 aromatic carbocycles. The van der Waals surface area contributed by atoms with Crippen LogP contribution in [-0.4, -0.2) is 15.7 Å². The SMILES string of the molecule is Cc1cc(NC(=O)c2cc(=O)c3ccccc3o2)n(-c2ccccc2C(F)(F)F)n1. The molecule has 1 amide bonds. The number of halogens is 3. The van der Waals surface area contributed by atoms with E-state index >= 15 is 0 Å². The second kappa shape index (κ2) is 7.18. The van der Waals surface area contributed by atoms with E-state index in [0.29, 0.717) is 11.1 Å². The van der Waals surface area contributed by atoms with Crippen molar-refractivity contribution in [3.8, 4) is 5.69 Å². The normalized spacial score (nSPS) is 11.6. The molecule has 9 heteroatoms. The molecule has 0 aliphatic carbocycles. The van der Waals surface area contributed by atoms with Crippen LogP contribution in [0.3, 0.4) is 0 Å². The highest BCUT2D eigenvalue weighted by atomic mass is 19.4. The average molecular weight is 413 g/mol. The highest BCUT2D eigenvalue weighted by Gasteiger charge is 2.34. The third-order valence-corrected chi connectivity index (χ3v) is 4.37. The van der Waals surface area contributed by atoms with Gasteiger partial charge >= 0.3 is 6.18 Å². The van der Waals surface area contributed by atoms with E-state index < -0.39 is 23.1 Å². The summed E-state index contributed by atoms with van der Waals surface area (Å²) in [5.41, 5.74) is -0.937. The number of aromatic nitrogens is 2. The van der Waals surface area contributed by atoms with Gasteiger partial charge in [0, 0.05) is 12.1 Å². The first-order chi connectivity index (χ1) is 14.2. The summed E-state index contributed by atoms with van der Waals surface area (Å²) in [5, 5.41) is 6.87. The maximum atomic E-state index is 13.4. The Morgan fingerprint density at radius 1 is 1.07 bits per heavy atom. The number of carbonyl (C=O) groups excluding carboxylic acids is 1. The molecule has 0 fully saturated rings. The van der Waals surface area contributed by atoms with Crippen LogP contribution >= 0.6 is 0 Å². The lowest BCUT2D eigenvalue weighted by Gasteiger charge is -2.15. The van der Waals surface area contributed by atoms with E-state index in [4.69, 9.17) is 4.42 Å². The first-order valence-electron chi connectivity index (χ1n) is 8.81. The van der Waals surface area contributed by atoms with Gasteiger partial charge in [-0.1, -0.05) is 24.3 Å². The van der Waals surface area contributed by atoms with Crippen LogP contribution in [-0.2, 0) is 6.18 Å². The van der Waals surface area contributed by atoms with E-state index in [-0.39, 0.29) is 22.8 Å². The summed E-state index contributed by atoms with van der Waals surface area (Å²) in [6.07, 6.45) is -4.61. The van der Waals surface area contributed by atoms with Crippen LogP contribution in [0.2, 0.25) is 0 Å². The van der Waals surface area contributed by atoms with Crippen molar-refractivity contribution in [1.82, 2.24) is 9.78 Å². The zero-order chi connectivity index (χ0) is 21.5. The zero-order valence-corrected chi connectivity index (χ0v) is 15.5. The molecule has 152 valence electrons. The van der Waals surface area contributed by atoms with Crippen LogP contribution < -0.4 is 10.7 Å². The van der Waals surface area contributed by atoms with Gasteiger partial charge in [0.2, 0.25) is 0 Å². The van der Waals surface area contributed by atoms with Crippen LogP contribution in [0.25, 0.3) is 16.7 Å². The maximum Gasteiger partial charge on any atom is 0.418 e. The maximum absolute atomic E-state index is 13.4. The summed E-state index contributed by atoms with van der Waals surface area (Å²) >= 11 is 0. The molecular formula is C21H14F3N3O3. The fourth-order valence-corrected chi connectivity index (χ4v) is 3.06. The van der Waals surface area contributed by atoms with E-state index in [1.807, 2.05) is 0 Å². The molecule has 0 saturated carbocycles. The van der Waals surface area contributed by atoms with Crippen molar-refractivity contribution >= 4 is 22.7 Å². The number of hydrogen-bond acceptors (Lipinski definition) is 4. The van der Waals surface area contributed by atoms with Gasteiger partial charge in [0.05, 0.1) is 22.3 Å². The van der Waals surface area contributed by atoms with Gasteiger partial charge in [-0.3, -0.25) is 9.59 Å². The predicted octanol–water partition coefficient (Wildman–Crippen LogP) is 4.56. The molecule has 0 bridgehead atoms. The monoisotopic (exact) mass is 413 g/mol. The molecule has 0 atom stereocenters. The number of hydrogen-bond donors (Lipinski definition) is 1. The van der Waals surface area contributed by atoms with Gasteiger partial charge in [-0.2, -0.15) is 18.3 Å². The predicted molar refractivity (Wildman–Crippen MR) is 104 cm³/mol. The average Bonchev–Trinajstić information content (AvgIpc) is 3.07. The summed E-state index contributed by atoms with van der Waals surface area (Å²) < 4.78 is 46.7. The Bertz CT molecular complexity index is 1320. The second-order valence-electron chi connectivity index (χ2n) is 6.52. The van der Waals surface area contributed by atoms with Gasteiger partial charge in [0.25, 0.3) is 5.91 Å². The van der Waals surface area contributed by atoms with Crippen molar-refractivity contribution in [2.75, 3.05) is 5.32 Å². The third-order valence-electron chi connectivity index (χ3n) is 4.37. The minimum atomic E-state index is -4.61. The number of para-hydroxylation sites is 2. The van der Waals surface area contributed by atoms with Crippen molar-refractivity contribution in [2.45, 2.75) is 13.1 Å². The number of nitrogens with one attached hydrogen (secondary N) is 1. The Hall–Kier alpha value is -3.88. The molecule has 0 saturated heterocycles. The number of nitrogens with zero attached hydrogens (tertiary/aromatic N) is 2. The van der Waals surface area contributed by atoms with Gasteiger partial charge in [-0.25, -0.2) is 4.68 Å². The first-order valence-corrected chi connectivity index (χ1v) is 8.81. The fourth-order valence-electron chi connectivity index (χ4n) is 3.06. The quantitative estimate of drug-likeness (QED) is 0.534. The lowest BCUT2D eigenvalue weighted by molar-refractivity contribution is -0.137. The van der Waals surface area contributed by atoms with E-state index in [1.165, 1.54) is 24.3 Å². The molecule has 4 rings (SSSR count). The van der Waals surface area contributed by atoms with Crippen LogP contribution in [0.15, 0.2) is 69.9 Å². The summed E-state index contributed by atoms with van der Waals surface area (Å²) in [4.78, 5) is 24.9. The van der Waals surface area contributed by atoms with Crippen molar-refractivity contribution in [2.24, 2.45) is 0 Å². The lowest BCUT2D eigenvalue weighted by Crippen LogP contribution is -2.18. The standard InChI is InChI=1S/C21H14F3N3O3/c1-12-10-19(27(26-12)15-8-4-3-7-14(15)21(22,23)24)25-20(29)18-11-16(28)13-6-2-5-9-17(13)30-18/h2-11H,1H3,(H,25,29). The number of carbonyl (C=O) groups is 1. The number of amides is 1. The molecule has 0 spiro atoms. The Labute approximate surface area is 167 Å². The summed E-state index contributed by atoms with van der Waals surface area (Å²) in [6, 6.07) is 13.8. The largest absolute Gasteiger partial charge is 0.451 e. The highest BCUT2D eigenvalue weighted by Crippen LogP contribution is 2.34. The van der Waals surface area contributed by atoms with Gasteiger partial charge in [0.1, 0.15) is 11.4 Å². The van der Waals surface area contributed by atoms with Gasteiger partial charge < -0.3 is 9.73 Å². The second-order valence-corrected chi connectivity index (χ2v) is 6.52. The Morgan fingerprint density at radius 2 is 1.77 bits per heavy atom. The molecule has 30 heavy (non-hydrogen) atoms. The number of fused-ring (bicyclic) bond motifs is 1. The molecule has 6 nitrogen and oxygen atoms in total. The number of alkyl halides is 3. The molecule has 0 radical (unpaired) electrons. The van der Waals surface area contributed by atoms with Gasteiger partial charge in [0.15, 0.2) is 11.2 Å². The number of rotatable bonds is 3. The fraction of sp³-hybridized carbons (Fsp3) is 0.0952. The van der Waals surface area contributed by atoms with E-state index in [2.05, 4.69) is 10.4 Å². The Kier molecular flexibility index (Phi) is 4.65. The number of anilines is 1. The molecule has 0 unspecified atom stereocenters. The Morgan fingerprint density at radius 3 is 2.53 bits per heavy atom. The van der Waals surface area contributed by atoms with Crippen LogP contribution in [0.5, 0.6) is 0 Å². The summed E-state index contributed by atoms with van der Waals surface area (Å²) in [7, 11) is 0. The molecule has 0 aliphatic rings. The Balaban J connectivity index is 1.75. The topological polar surface area (TPSA) is 77.1 Å². The smallest absolute Gasteiger partial charge is 0.418 e. The van der Waals surface area contributed by atoms with E-state index in [0.717, 1.165) is 16.8 Å². The molecule has 4 aromatic rings. The molecular weight excluding hydrogens is 399 g/mol.